The molecule has 1 fully saturated rings. The van der Waals surface area contributed by atoms with Crippen molar-refractivity contribution in [2.24, 2.45) is 0 Å². The van der Waals surface area contributed by atoms with E-state index in [1.54, 1.807) is 6.33 Å². The highest BCUT2D eigenvalue weighted by atomic mass is 15.3. The summed E-state index contributed by atoms with van der Waals surface area (Å²) in [6.45, 7) is 15.2. The Hall–Kier alpha value is -2.93. The van der Waals surface area contributed by atoms with Crippen molar-refractivity contribution in [1.82, 2.24) is 29.9 Å². The van der Waals surface area contributed by atoms with E-state index in [0.29, 0.717) is 18.0 Å². The number of hydrogen-bond donors (Lipinski definition) is 2. The Kier molecular flexibility index (Phi) is 4.73. The summed E-state index contributed by atoms with van der Waals surface area (Å²) >= 11 is 0. The van der Waals surface area contributed by atoms with Crippen molar-refractivity contribution in [2.45, 2.75) is 59.5 Å². The van der Waals surface area contributed by atoms with Gasteiger partial charge in [-0.1, -0.05) is 13.8 Å². The molecule has 1 saturated heterocycles. The van der Waals surface area contributed by atoms with E-state index in [1.165, 1.54) is 11.1 Å². The Labute approximate surface area is 182 Å². The van der Waals surface area contributed by atoms with Crippen molar-refractivity contribution in [3.05, 3.63) is 41.3 Å². The van der Waals surface area contributed by atoms with Crippen LogP contribution in [0.2, 0.25) is 0 Å². The number of nitrogens with one attached hydrogen (secondary N) is 2. The fourth-order valence-electron chi connectivity index (χ4n) is 4.99. The van der Waals surface area contributed by atoms with Crippen molar-refractivity contribution < 1.29 is 0 Å². The molecule has 2 N–H and O–H groups in total. The van der Waals surface area contributed by atoms with E-state index in [2.05, 4.69) is 85.2 Å². The van der Waals surface area contributed by atoms with Gasteiger partial charge in [0.2, 0.25) is 0 Å². The third kappa shape index (κ3) is 3.28. The van der Waals surface area contributed by atoms with Gasteiger partial charge < -0.3 is 15.2 Å². The second kappa shape index (κ2) is 7.34. The van der Waals surface area contributed by atoms with Gasteiger partial charge >= 0.3 is 0 Å². The van der Waals surface area contributed by atoms with Crippen LogP contribution in [0.4, 0.5) is 5.82 Å². The fraction of sp³-hybridized carbons (Fsp3) is 0.458. The first-order valence-electron chi connectivity index (χ1n) is 11.2. The van der Waals surface area contributed by atoms with Gasteiger partial charge in [0.15, 0.2) is 5.65 Å². The summed E-state index contributed by atoms with van der Waals surface area (Å²) in [5, 5.41) is 7.99. The zero-order valence-corrected chi connectivity index (χ0v) is 19.2. The Morgan fingerprint density at radius 2 is 1.81 bits per heavy atom. The summed E-state index contributed by atoms with van der Waals surface area (Å²) in [7, 11) is 0. The van der Waals surface area contributed by atoms with Crippen molar-refractivity contribution in [2.75, 3.05) is 18.0 Å². The third-order valence-electron chi connectivity index (χ3n) is 6.52. The maximum Gasteiger partial charge on any atom is 0.158 e. The fourth-order valence-corrected chi connectivity index (χ4v) is 4.99. The van der Waals surface area contributed by atoms with Crippen LogP contribution in [-0.4, -0.2) is 49.7 Å². The van der Waals surface area contributed by atoms with Crippen LogP contribution in [0.3, 0.4) is 0 Å². The quantitative estimate of drug-likeness (QED) is 0.523. The number of aryl methyl sites for hydroxylation is 1. The predicted molar refractivity (Wildman–Crippen MR) is 126 cm³/mol. The molecule has 0 amide bonds. The number of aromatic nitrogens is 5. The molecule has 31 heavy (non-hydrogen) atoms. The van der Waals surface area contributed by atoms with Gasteiger partial charge in [0.25, 0.3) is 0 Å². The van der Waals surface area contributed by atoms with Crippen LogP contribution in [0.1, 0.15) is 50.3 Å². The predicted octanol–water partition coefficient (Wildman–Crippen LogP) is 4.20. The van der Waals surface area contributed by atoms with Gasteiger partial charge in [-0.25, -0.2) is 14.5 Å². The number of piperazine rings is 1. The van der Waals surface area contributed by atoms with Gasteiger partial charge in [-0.15, -0.1) is 0 Å². The standard InChI is InChI=1S/C24H31N7/c1-13(2)21-22(18-11-31-24(25-12-26-31)17(6)16(18)5)28-19-7-8-20(29-23(19)21)30-9-14(3)27-15(4)10-30/h7-8,11-15,27-28H,9-10H2,1-6H3/t14-,15+. The molecular formula is C24H31N7. The smallest absolute Gasteiger partial charge is 0.158 e. The average molecular weight is 418 g/mol. The second-order valence-corrected chi connectivity index (χ2v) is 9.33. The molecule has 4 aromatic rings. The van der Waals surface area contributed by atoms with Gasteiger partial charge in [0, 0.05) is 42.5 Å². The maximum absolute atomic E-state index is 5.17. The Morgan fingerprint density at radius 3 is 2.52 bits per heavy atom. The first kappa shape index (κ1) is 20.0. The minimum Gasteiger partial charge on any atom is -0.353 e. The number of anilines is 1. The van der Waals surface area contributed by atoms with Gasteiger partial charge in [0.1, 0.15) is 12.1 Å². The molecule has 162 valence electrons. The molecule has 0 aliphatic carbocycles. The summed E-state index contributed by atoms with van der Waals surface area (Å²) in [6, 6.07) is 5.23. The molecule has 0 saturated carbocycles. The minimum atomic E-state index is 0.332. The molecule has 7 nitrogen and oxygen atoms in total. The maximum atomic E-state index is 5.17. The summed E-state index contributed by atoms with van der Waals surface area (Å²) in [4.78, 5) is 15.7. The van der Waals surface area contributed by atoms with E-state index in [4.69, 9.17) is 4.98 Å². The lowest BCUT2D eigenvalue weighted by Crippen LogP contribution is -2.54. The highest BCUT2D eigenvalue weighted by Crippen LogP contribution is 2.38. The molecular weight excluding hydrogens is 386 g/mol. The van der Waals surface area contributed by atoms with E-state index in [-0.39, 0.29) is 0 Å². The zero-order chi connectivity index (χ0) is 21.9. The van der Waals surface area contributed by atoms with E-state index >= 15 is 0 Å². The third-order valence-corrected chi connectivity index (χ3v) is 6.52. The highest BCUT2D eigenvalue weighted by Gasteiger charge is 2.24. The Bertz CT molecular complexity index is 1260. The van der Waals surface area contributed by atoms with Crippen molar-refractivity contribution in [3.63, 3.8) is 0 Å². The molecule has 1 aliphatic rings. The molecule has 7 heteroatoms. The van der Waals surface area contributed by atoms with Crippen LogP contribution >= 0.6 is 0 Å². The van der Waals surface area contributed by atoms with Crippen LogP contribution < -0.4 is 10.2 Å². The SMILES string of the molecule is Cc1c(-c2[nH]c3ccc(N4C[C@@H](C)N[C@@H](C)C4)nc3c2C(C)C)cn2ncnc2c1C. The monoisotopic (exact) mass is 417 g/mol. The van der Waals surface area contributed by atoms with Crippen molar-refractivity contribution in [1.29, 1.82) is 0 Å². The van der Waals surface area contributed by atoms with Crippen LogP contribution in [0.15, 0.2) is 24.7 Å². The van der Waals surface area contributed by atoms with E-state index in [1.807, 2.05) is 4.52 Å². The van der Waals surface area contributed by atoms with E-state index in [0.717, 1.165) is 52.4 Å². The molecule has 0 radical (unpaired) electrons. The summed E-state index contributed by atoms with van der Waals surface area (Å²) in [5.41, 5.74) is 8.98. The normalized spacial score (nSPS) is 19.8. The molecule has 5 heterocycles. The molecule has 2 atom stereocenters. The number of fused-ring (bicyclic) bond motifs is 2. The average Bonchev–Trinajstić information content (AvgIpc) is 3.33. The number of rotatable bonds is 3. The zero-order valence-electron chi connectivity index (χ0n) is 19.2. The molecule has 0 unspecified atom stereocenters. The Balaban J connectivity index is 1.68. The molecule has 5 rings (SSSR count). The van der Waals surface area contributed by atoms with E-state index in [9.17, 15) is 0 Å². The second-order valence-electron chi connectivity index (χ2n) is 9.33. The van der Waals surface area contributed by atoms with Gasteiger partial charge in [-0.05, 0) is 56.9 Å². The highest BCUT2D eigenvalue weighted by molar-refractivity contribution is 5.90. The molecule has 0 aromatic carbocycles. The van der Waals surface area contributed by atoms with Crippen LogP contribution in [0.5, 0.6) is 0 Å². The number of nitrogens with zero attached hydrogens (tertiary/aromatic N) is 5. The topological polar surface area (TPSA) is 74.1 Å². The largest absolute Gasteiger partial charge is 0.353 e. The van der Waals surface area contributed by atoms with Gasteiger partial charge in [0.05, 0.1) is 16.7 Å². The molecule has 4 aromatic heterocycles. The van der Waals surface area contributed by atoms with Gasteiger partial charge in [-0.3, -0.25) is 0 Å². The first-order chi connectivity index (χ1) is 14.8. The number of pyridine rings is 2. The van der Waals surface area contributed by atoms with Crippen LogP contribution in [-0.2, 0) is 0 Å². The van der Waals surface area contributed by atoms with Crippen LogP contribution in [0.25, 0.3) is 27.9 Å². The summed E-state index contributed by atoms with van der Waals surface area (Å²) in [5.74, 6) is 1.39. The first-order valence-corrected chi connectivity index (χ1v) is 11.2. The number of H-pyrrole nitrogens is 1. The van der Waals surface area contributed by atoms with E-state index < -0.39 is 0 Å². The summed E-state index contributed by atoms with van der Waals surface area (Å²) < 4.78 is 1.87. The van der Waals surface area contributed by atoms with Gasteiger partial charge in [-0.2, -0.15) is 5.10 Å². The lowest BCUT2D eigenvalue weighted by Gasteiger charge is -2.37. The number of hydrogen-bond acceptors (Lipinski definition) is 5. The van der Waals surface area contributed by atoms with Crippen molar-refractivity contribution >= 4 is 22.5 Å². The molecule has 1 aliphatic heterocycles. The Morgan fingerprint density at radius 1 is 1.06 bits per heavy atom. The summed E-state index contributed by atoms with van der Waals surface area (Å²) in [6.07, 6.45) is 3.70. The molecule has 0 bridgehead atoms. The minimum absolute atomic E-state index is 0.332. The van der Waals surface area contributed by atoms with Crippen molar-refractivity contribution in [3.8, 4) is 11.3 Å². The lowest BCUT2D eigenvalue weighted by molar-refractivity contribution is 0.405. The molecule has 0 spiro atoms. The lowest BCUT2D eigenvalue weighted by atomic mass is 9.95. The van der Waals surface area contributed by atoms with Crippen LogP contribution in [0, 0.1) is 13.8 Å². The number of aromatic amines is 1.